The Morgan fingerprint density at radius 3 is 2.83 bits per heavy atom. The molecule has 94 valence electrons. The molecule has 0 radical (unpaired) electrons. The van der Waals surface area contributed by atoms with Crippen molar-refractivity contribution >= 4 is 11.6 Å². The van der Waals surface area contributed by atoms with Crippen LogP contribution in [0.1, 0.15) is 16.2 Å². The van der Waals surface area contributed by atoms with E-state index in [1.54, 1.807) is 0 Å². The fourth-order valence-electron chi connectivity index (χ4n) is 1.62. The van der Waals surface area contributed by atoms with E-state index in [9.17, 15) is 4.79 Å². The molecule has 0 saturated carbocycles. The van der Waals surface area contributed by atoms with Gasteiger partial charge in [0.15, 0.2) is 0 Å². The van der Waals surface area contributed by atoms with Gasteiger partial charge in [-0.1, -0.05) is 18.2 Å². The molecule has 2 aromatic rings. The van der Waals surface area contributed by atoms with Crippen LogP contribution in [0.2, 0.25) is 0 Å². The van der Waals surface area contributed by atoms with Crippen LogP contribution < -0.4 is 5.32 Å². The Morgan fingerprint density at radius 2 is 2.17 bits per heavy atom. The zero-order valence-corrected chi connectivity index (χ0v) is 10.3. The zero-order chi connectivity index (χ0) is 13.0. The van der Waals surface area contributed by atoms with E-state index in [0.29, 0.717) is 0 Å². The van der Waals surface area contributed by atoms with Crippen molar-refractivity contribution in [1.29, 1.82) is 0 Å². The molecule has 0 aliphatic heterocycles. The van der Waals surface area contributed by atoms with Gasteiger partial charge in [-0.2, -0.15) is 5.10 Å². The predicted molar refractivity (Wildman–Crippen MR) is 68.2 cm³/mol. The number of benzene rings is 1. The van der Waals surface area contributed by atoms with E-state index in [1.807, 2.05) is 43.3 Å². The Labute approximate surface area is 105 Å². The minimum atomic E-state index is -0.293. The van der Waals surface area contributed by atoms with Crippen molar-refractivity contribution in [2.75, 3.05) is 19.4 Å². The lowest BCUT2D eigenvalue weighted by Crippen LogP contribution is -2.17. The van der Waals surface area contributed by atoms with Crippen molar-refractivity contribution in [3.05, 3.63) is 42.0 Å². The van der Waals surface area contributed by atoms with Crippen molar-refractivity contribution in [1.82, 2.24) is 20.1 Å². The molecular formula is C12H15N5O. The number of H-pyrrole nitrogens is 1. The second kappa shape index (κ2) is 5.42. The minimum Gasteiger partial charge on any atom is -0.319 e. The quantitative estimate of drug-likeness (QED) is 0.846. The summed E-state index contributed by atoms with van der Waals surface area (Å²) in [7, 11) is 3.96. The molecule has 0 bridgehead atoms. The first-order chi connectivity index (χ1) is 8.66. The number of aromatic amines is 1. The number of aromatic nitrogens is 3. The number of hydrogen-bond donors (Lipinski definition) is 2. The molecule has 6 heteroatoms. The molecule has 1 aromatic carbocycles. The van der Waals surface area contributed by atoms with Gasteiger partial charge in [0, 0.05) is 12.2 Å². The van der Waals surface area contributed by atoms with E-state index < -0.39 is 0 Å². The Kier molecular flexibility index (Phi) is 3.69. The second-order valence-electron chi connectivity index (χ2n) is 4.18. The van der Waals surface area contributed by atoms with Gasteiger partial charge in [0.25, 0.3) is 5.91 Å². The first-order valence-corrected chi connectivity index (χ1v) is 5.56. The highest BCUT2D eigenvalue weighted by Crippen LogP contribution is 2.16. The molecule has 1 heterocycles. The van der Waals surface area contributed by atoms with Gasteiger partial charge in [-0.05, 0) is 25.7 Å². The van der Waals surface area contributed by atoms with Gasteiger partial charge in [-0.25, -0.2) is 4.98 Å². The van der Waals surface area contributed by atoms with Crippen LogP contribution in [0.5, 0.6) is 0 Å². The molecule has 2 N–H and O–H groups in total. The molecule has 6 nitrogen and oxygen atoms in total. The molecular weight excluding hydrogens is 230 g/mol. The molecule has 18 heavy (non-hydrogen) atoms. The molecule has 0 fully saturated rings. The van der Waals surface area contributed by atoms with Gasteiger partial charge < -0.3 is 10.2 Å². The molecule has 0 atom stereocenters. The summed E-state index contributed by atoms with van der Waals surface area (Å²) in [6.07, 6.45) is 1.31. The predicted octanol–water partition coefficient (Wildman–Crippen LogP) is 1.12. The molecule has 1 amide bonds. The first kappa shape index (κ1) is 12.3. The average molecular weight is 245 g/mol. The fraction of sp³-hybridized carbons (Fsp3) is 0.250. The Hall–Kier alpha value is -2.21. The number of anilines is 1. The van der Waals surface area contributed by atoms with E-state index in [-0.39, 0.29) is 11.7 Å². The number of nitrogens with one attached hydrogen (secondary N) is 2. The lowest BCUT2D eigenvalue weighted by molar-refractivity contribution is 0.101. The highest BCUT2D eigenvalue weighted by molar-refractivity contribution is 6.01. The molecule has 0 aliphatic carbocycles. The number of amides is 1. The van der Waals surface area contributed by atoms with Gasteiger partial charge >= 0.3 is 0 Å². The molecule has 2 rings (SSSR count). The van der Waals surface area contributed by atoms with Crippen molar-refractivity contribution in [2.45, 2.75) is 6.54 Å². The van der Waals surface area contributed by atoms with Gasteiger partial charge in [0.1, 0.15) is 6.33 Å². The SMILES string of the molecule is CN(C)Cc1ccccc1NC(=O)c1ncn[nH]1. The maximum absolute atomic E-state index is 11.9. The number of rotatable bonds is 4. The van der Waals surface area contributed by atoms with Crippen molar-refractivity contribution in [3.8, 4) is 0 Å². The highest BCUT2D eigenvalue weighted by Gasteiger charge is 2.11. The summed E-state index contributed by atoms with van der Waals surface area (Å²) in [6.45, 7) is 0.757. The normalized spacial score (nSPS) is 10.6. The summed E-state index contributed by atoms with van der Waals surface area (Å²) < 4.78 is 0. The van der Waals surface area contributed by atoms with Crippen LogP contribution in [0, 0.1) is 0 Å². The Balaban J connectivity index is 2.16. The van der Waals surface area contributed by atoms with Crippen LogP contribution in [-0.4, -0.2) is 40.1 Å². The molecule has 0 unspecified atom stereocenters. The minimum absolute atomic E-state index is 0.203. The largest absolute Gasteiger partial charge is 0.319 e. The first-order valence-electron chi connectivity index (χ1n) is 5.56. The smallest absolute Gasteiger partial charge is 0.292 e. The highest BCUT2D eigenvalue weighted by atomic mass is 16.2. The summed E-state index contributed by atoms with van der Waals surface area (Å²) in [4.78, 5) is 17.7. The lowest BCUT2D eigenvalue weighted by atomic mass is 10.1. The molecule has 0 saturated heterocycles. The molecule has 0 spiro atoms. The average Bonchev–Trinajstić information content (AvgIpc) is 2.84. The van der Waals surface area contributed by atoms with Crippen LogP contribution in [0.25, 0.3) is 0 Å². The van der Waals surface area contributed by atoms with E-state index in [0.717, 1.165) is 17.8 Å². The summed E-state index contributed by atoms with van der Waals surface area (Å²) >= 11 is 0. The van der Waals surface area contributed by atoms with Crippen LogP contribution in [0.4, 0.5) is 5.69 Å². The summed E-state index contributed by atoms with van der Waals surface area (Å²) in [5, 5.41) is 9.00. The third-order valence-electron chi connectivity index (χ3n) is 2.38. The third kappa shape index (κ3) is 2.92. The van der Waals surface area contributed by atoms with Gasteiger partial charge in [-0.3, -0.25) is 9.89 Å². The number of carbonyl (C=O) groups is 1. The van der Waals surface area contributed by atoms with Crippen molar-refractivity contribution in [3.63, 3.8) is 0 Å². The second-order valence-corrected chi connectivity index (χ2v) is 4.18. The van der Waals surface area contributed by atoms with E-state index in [4.69, 9.17) is 0 Å². The maximum atomic E-state index is 11.9. The standard InChI is InChI=1S/C12H15N5O/c1-17(2)7-9-5-3-4-6-10(9)15-12(18)11-13-8-14-16-11/h3-6,8H,7H2,1-2H3,(H,15,18)(H,13,14,16). The topological polar surface area (TPSA) is 73.9 Å². The van der Waals surface area contributed by atoms with E-state index in [2.05, 4.69) is 20.5 Å². The number of hydrogen-bond acceptors (Lipinski definition) is 4. The van der Waals surface area contributed by atoms with Gasteiger partial charge in [-0.15, -0.1) is 0 Å². The summed E-state index contributed by atoms with van der Waals surface area (Å²) in [6, 6.07) is 7.68. The lowest BCUT2D eigenvalue weighted by Gasteiger charge is -2.14. The summed E-state index contributed by atoms with van der Waals surface area (Å²) in [5.74, 6) is -0.0895. The van der Waals surface area contributed by atoms with E-state index >= 15 is 0 Å². The van der Waals surface area contributed by atoms with Crippen molar-refractivity contribution < 1.29 is 4.79 Å². The number of nitrogens with zero attached hydrogens (tertiary/aromatic N) is 3. The van der Waals surface area contributed by atoms with Crippen LogP contribution >= 0.6 is 0 Å². The Bertz CT molecular complexity index is 521. The van der Waals surface area contributed by atoms with E-state index in [1.165, 1.54) is 6.33 Å². The van der Waals surface area contributed by atoms with Gasteiger partial charge in [0.2, 0.25) is 5.82 Å². The van der Waals surface area contributed by atoms with Gasteiger partial charge in [0.05, 0.1) is 0 Å². The van der Waals surface area contributed by atoms with Crippen LogP contribution in [0.15, 0.2) is 30.6 Å². The summed E-state index contributed by atoms with van der Waals surface area (Å²) in [5.41, 5.74) is 1.84. The number of carbonyl (C=O) groups excluding carboxylic acids is 1. The van der Waals surface area contributed by atoms with Crippen molar-refractivity contribution in [2.24, 2.45) is 0 Å². The Morgan fingerprint density at radius 1 is 1.39 bits per heavy atom. The van der Waals surface area contributed by atoms with Crippen LogP contribution in [-0.2, 0) is 6.54 Å². The number of para-hydroxylation sites is 1. The third-order valence-corrected chi connectivity index (χ3v) is 2.38. The monoisotopic (exact) mass is 245 g/mol. The fourth-order valence-corrected chi connectivity index (χ4v) is 1.62. The zero-order valence-electron chi connectivity index (χ0n) is 10.3. The molecule has 0 aliphatic rings. The van der Waals surface area contributed by atoms with Crippen LogP contribution in [0.3, 0.4) is 0 Å². The maximum Gasteiger partial charge on any atom is 0.292 e. The molecule has 1 aromatic heterocycles.